The lowest BCUT2D eigenvalue weighted by molar-refractivity contribution is -0.605. The molecule has 3 aromatic carbocycles. The van der Waals surface area contributed by atoms with Crippen LogP contribution in [-0.2, 0) is 27.1 Å². The van der Waals surface area contributed by atoms with Crippen molar-refractivity contribution in [3.8, 4) is 11.5 Å². The average Bonchev–Trinajstić information content (AvgIpc) is 3.16. The molecule has 1 unspecified atom stereocenters. The molecule has 4 aromatic rings. The molecule has 2 bridgehead atoms. The van der Waals surface area contributed by atoms with Crippen molar-refractivity contribution in [2.45, 2.75) is 50.4 Å². The highest BCUT2D eigenvalue weighted by Gasteiger charge is 2.38. The molecule has 274 valence electrons. The van der Waals surface area contributed by atoms with Crippen molar-refractivity contribution in [3.05, 3.63) is 128 Å². The standard InChI is InChI=1S/C40H43Cl2N3O7/c1-49-34-15-14-30(21-36(34)50-2)35(22-31-32(41)23-45(48)24-33(31)42)51-39(46)29-12-10-26(11-13-29)7-6-18-43-38(28-8-4-3-5-9-28)40(47)52-37-25-44-19-16-27(37)17-20-44/h3-5,8-15,21,23-24,27,35,37-38,43H,6-7,16-20,22,25H2,1-2H3/t35-,37-,38?/m0/s1. The van der Waals surface area contributed by atoms with Gasteiger partial charge in [0.15, 0.2) is 23.9 Å². The predicted molar refractivity (Wildman–Crippen MR) is 198 cm³/mol. The van der Waals surface area contributed by atoms with Crippen LogP contribution >= 0.6 is 23.2 Å². The Hall–Kier alpha value is -4.35. The smallest absolute Gasteiger partial charge is 0.338 e. The molecule has 1 N–H and O–H groups in total. The summed E-state index contributed by atoms with van der Waals surface area (Å²) in [5.41, 5.74) is 3.38. The number of methoxy groups -OCH3 is 2. The second-order valence-electron chi connectivity index (χ2n) is 13.2. The predicted octanol–water partition coefficient (Wildman–Crippen LogP) is 6.69. The Labute approximate surface area is 314 Å². The van der Waals surface area contributed by atoms with Crippen LogP contribution in [0.5, 0.6) is 11.5 Å². The number of pyridine rings is 1. The zero-order valence-corrected chi connectivity index (χ0v) is 30.8. The lowest BCUT2D eigenvalue weighted by Gasteiger charge is -2.44. The zero-order chi connectivity index (χ0) is 36.6. The number of rotatable bonds is 15. The highest BCUT2D eigenvalue weighted by molar-refractivity contribution is 6.35. The molecule has 3 aliphatic rings. The monoisotopic (exact) mass is 747 g/mol. The van der Waals surface area contributed by atoms with E-state index >= 15 is 0 Å². The van der Waals surface area contributed by atoms with Crippen LogP contribution in [0.25, 0.3) is 0 Å². The summed E-state index contributed by atoms with van der Waals surface area (Å²) < 4.78 is 23.5. The summed E-state index contributed by atoms with van der Waals surface area (Å²) in [5.74, 6) is 0.650. The molecule has 4 heterocycles. The number of ether oxygens (including phenoxy) is 4. The first-order valence-electron chi connectivity index (χ1n) is 17.5. The number of fused-ring (bicyclic) bond motifs is 3. The largest absolute Gasteiger partial charge is 0.619 e. The number of aryl methyl sites for hydroxylation is 1. The molecule has 0 radical (unpaired) electrons. The summed E-state index contributed by atoms with van der Waals surface area (Å²) in [5, 5.41) is 15.6. The number of aromatic nitrogens is 1. The number of hydrogen-bond donors (Lipinski definition) is 1. The summed E-state index contributed by atoms with van der Waals surface area (Å²) in [6.45, 7) is 3.59. The SMILES string of the molecule is COc1ccc([C@H](Cc2c(Cl)c[n+]([O-])cc2Cl)OC(=O)c2ccc(CCCNC(C(=O)O[C@H]3CN4CCC3CC4)c3ccccc3)cc2)cc1OC. The normalized spacial score (nSPS) is 19.0. The zero-order valence-electron chi connectivity index (χ0n) is 29.3. The minimum absolute atomic E-state index is 0.0532. The molecule has 0 aliphatic carbocycles. The summed E-state index contributed by atoms with van der Waals surface area (Å²) in [6.07, 6.45) is 5.32. The van der Waals surface area contributed by atoms with Gasteiger partial charge in [-0.3, -0.25) is 4.90 Å². The summed E-state index contributed by atoms with van der Waals surface area (Å²) in [6, 6.07) is 21.7. The van der Waals surface area contributed by atoms with E-state index in [2.05, 4.69) is 10.2 Å². The Balaban J connectivity index is 1.08. The van der Waals surface area contributed by atoms with E-state index in [0.29, 0.717) is 45.4 Å². The van der Waals surface area contributed by atoms with Gasteiger partial charge in [0.1, 0.15) is 28.3 Å². The van der Waals surface area contributed by atoms with Crippen molar-refractivity contribution in [1.29, 1.82) is 0 Å². The maximum absolute atomic E-state index is 13.5. The first-order chi connectivity index (χ1) is 25.2. The summed E-state index contributed by atoms with van der Waals surface area (Å²) >= 11 is 12.8. The molecule has 1 aromatic heterocycles. The lowest BCUT2D eigenvalue weighted by Crippen LogP contribution is -2.52. The highest BCUT2D eigenvalue weighted by atomic mass is 35.5. The van der Waals surface area contributed by atoms with E-state index < -0.39 is 18.1 Å². The second-order valence-corrected chi connectivity index (χ2v) is 14.0. The fourth-order valence-corrected chi connectivity index (χ4v) is 7.58. The molecule has 3 atom stereocenters. The first kappa shape index (κ1) is 37.4. The number of esters is 2. The first-order valence-corrected chi connectivity index (χ1v) is 18.3. The number of carbonyl (C=O) groups is 2. The third-order valence-corrected chi connectivity index (χ3v) is 10.5. The number of piperidine rings is 3. The van der Waals surface area contributed by atoms with E-state index in [0.717, 1.165) is 56.4 Å². The molecular weight excluding hydrogens is 705 g/mol. The number of nitrogens with zero attached hydrogens (tertiary/aromatic N) is 2. The molecule has 3 aliphatic heterocycles. The van der Waals surface area contributed by atoms with Crippen LogP contribution in [0.3, 0.4) is 0 Å². The molecular formula is C40H43Cl2N3O7. The Morgan fingerprint density at radius 1 is 0.923 bits per heavy atom. The van der Waals surface area contributed by atoms with Crippen molar-refractivity contribution < 1.29 is 33.3 Å². The number of hydrogen-bond acceptors (Lipinski definition) is 9. The van der Waals surface area contributed by atoms with Crippen LogP contribution in [-0.4, -0.2) is 63.3 Å². The fraction of sp³-hybridized carbons (Fsp3) is 0.375. The highest BCUT2D eigenvalue weighted by Crippen LogP contribution is 2.36. The van der Waals surface area contributed by atoms with Crippen LogP contribution in [0.15, 0.2) is 85.2 Å². The van der Waals surface area contributed by atoms with Crippen molar-refractivity contribution >= 4 is 35.1 Å². The van der Waals surface area contributed by atoms with E-state index in [-0.39, 0.29) is 28.5 Å². The molecule has 0 amide bonds. The Kier molecular flexibility index (Phi) is 12.5. The number of nitrogens with one attached hydrogen (secondary N) is 1. The van der Waals surface area contributed by atoms with Crippen LogP contribution < -0.4 is 19.5 Å². The fourth-order valence-electron chi connectivity index (χ4n) is 6.98. The van der Waals surface area contributed by atoms with Gasteiger partial charge >= 0.3 is 11.9 Å². The van der Waals surface area contributed by atoms with Gasteiger partial charge in [0.05, 0.1) is 19.8 Å². The topological polar surface area (TPSA) is 113 Å². The molecule has 3 fully saturated rings. The third-order valence-electron chi connectivity index (χ3n) is 9.89. The summed E-state index contributed by atoms with van der Waals surface area (Å²) in [4.78, 5) is 29.3. The minimum Gasteiger partial charge on any atom is -0.619 e. The van der Waals surface area contributed by atoms with Crippen molar-refractivity contribution in [1.82, 2.24) is 10.2 Å². The van der Waals surface area contributed by atoms with Gasteiger partial charge in [-0.05, 0) is 92.2 Å². The number of carbonyl (C=O) groups excluding carboxylic acids is 2. The van der Waals surface area contributed by atoms with E-state index in [1.54, 1.807) is 30.3 Å². The van der Waals surface area contributed by atoms with Gasteiger partial charge < -0.3 is 29.5 Å². The van der Waals surface area contributed by atoms with Crippen LogP contribution in [0.4, 0.5) is 0 Å². The maximum Gasteiger partial charge on any atom is 0.338 e. The molecule has 0 spiro atoms. The number of benzene rings is 3. The third kappa shape index (κ3) is 9.16. The van der Waals surface area contributed by atoms with Gasteiger partial charge in [-0.15, -0.1) is 0 Å². The molecule has 10 nitrogen and oxygen atoms in total. The molecule has 52 heavy (non-hydrogen) atoms. The second kappa shape index (κ2) is 17.4. The van der Waals surface area contributed by atoms with E-state index in [4.69, 9.17) is 42.1 Å². The van der Waals surface area contributed by atoms with Crippen LogP contribution in [0.1, 0.15) is 64.0 Å². The van der Waals surface area contributed by atoms with Crippen molar-refractivity contribution in [2.24, 2.45) is 5.92 Å². The summed E-state index contributed by atoms with van der Waals surface area (Å²) in [7, 11) is 3.06. The maximum atomic E-state index is 13.5. The van der Waals surface area contributed by atoms with Gasteiger partial charge in [0.2, 0.25) is 0 Å². The van der Waals surface area contributed by atoms with Crippen LogP contribution in [0.2, 0.25) is 10.0 Å². The Morgan fingerprint density at radius 2 is 1.62 bits per heavy atom. The minimum atomic E-state index is -0.814. The Bertz CT molecular complexity index is 1810. The molecule has 12 heteroatoms. The molecule has 7 rings (SSSR count). The van der Waals surface area contributed by atoms with E-state index in [9.17, 15) is 14.8 Å². The van der Waals surface area contributed by atoms with Crippen molar-refractivity contribution in [3.63, 3.8) is 0 Å². The van der Waals surface area contributed by atoms with Gasteiger partial charge in [0, 0.05) is 18.5 Å². The van der Waals surface area contributed by atoms with Crippen LogP contribution in [0, 0.1) is 11.1 Å². The molecule has 0 saturated carbocycles. The quantitative estimate of drug-likeness (QED) is 0.0616. The van der Waals surface area contributed by atoms with Gasteiger partial charge in [-0.25, -0.2) is 9.59 Å². The van der Waals surface area contributed by atoms with Gasteiger partial charge in [-0.1, -0.05) is 71.7 Å². The average molecular weight is 749 g/mol. The molecule has 3 saturated heterocycles. The van der Waals surface area contributed by atoms with Crippen molar-refractivity contribution in [2.75, 3.05) is 40.4 Å². The Morgan fingerprint density at radius 3 is 2.25 bits per heavy atom. The van der Waals surface area contributed by atoms with E-state index in [1.807, 2.05) is 42.5 Å². The van der Waals surface area contributed by atoms with E-state index in [1.165, 1.54) is 26.6 Å². The van der Waals surface area contributed by atoms with Gasteiger partial charge in [-0.2, -0.15) is 4.73 Å². The van der Waals surface area contributed by atoms with Gasteiger partial charge in [0.25, 0.3) is 0 Å². The number of halogens is 2. The lowest BCUT2D eigenvalue weighted by atomic mass is 9.86.